The summed E-state index contributed by atoms with van der Waals surface area (Å²) in [5.41, 5.74) is 0.847. The van der Waals surface area contributed by atoms with E-state index in [0.29, 0.717) is 0 Å². The van der Waals surface area contributed by atoms with Gasteiger partial charge in [0.05, 0.1) is 7.11 Å². The summed E-state index contributed by atoms with van der Waals surface area (Å²) in [5.74, 6) is 6.28. The maximum Gasteiger partial charge on any atom is 0.120 e. The van der Waals surface area contributed by atoms with E-state index < -0.39 is 6.10 Å². The smallest absolute Gasteiger partial charge is 0.120 e. The molecule has 13 heavy (non-hydrogen) atoms. The lowest BCUT2D eigenvalue weighted by Gasteiger charge is -1.98. The molecular weight excluding hydrogens is 164 g/mol. The van der Waals surface area contributed by atoms with Crippen molar-refractivity contribution in [2.24, 2.45) is 0 Å². The van der Waals surface area contributed by atoms with Crippen molar-refractivity contribution in [1.29, 1.82) is 0 Å². The first kappa shape index (κ1) is 9.63. The third-order valence-corrected chi connectivity index (χ3v) is 1.50. The van der Waals surface area contributed by atoms with Gasteiger partial charge in [-0.1, -0.05) is 17.9 Å². The van der Waals surface area contributed by atoms with E-state index in [0.717, 1.165) is 11.3 Å². The Kier molecular flexibility index (Phi) is 3.36. The molecule has 0 aromatic heterocycles. The molecule has 1 unspecified atom stereocenters. The molecule has 1 N–H and O–H groups in total. The lowest BCUT2D eigenvalue weighted by Crippen LogP contribution is -1.92. The van der Waals surface area contributed by atoms with Gasteiger partial charge in [0, 0.05) is 5.56 Å². The molecule has 0 radical (unpaired) electrons. The molecule has 2 heteroatoms. The van der Waals surface area contributed by atoms with Gasteiger partial charge in [-0.15, -0.1) is 0 Å². The minimum atomic E-state index is -0.591. The van der Waals surface area contributed by atoms with Crippen molar-refractivity contribution in [3.8, 4) is 17.6 Å². The Morgan fingerprint density at radius 1 is 1.46 bits per heavy atom. The third kappa shape index (κ3) is 3.18. The number of aliphatic hydroxyl groups is 1. The van der Waals surface area contributed by atoms with E-state index in [-0.39, 0.29) is 0 Å². The molecule has 1 atom stereocenters. The fourth-order valence-electron chi connectivity index (χ4n) is 0.889. The average Bonchev–Trinajstić information content (AvgIpc) is 2.15. The second kappa shape index (κ2) is 4.54. The van der Waals surface area contributed by atoms with Crippen LogP contribution in [0.5, 0.6) is 5.75 Å². The Bertz CT molecular complexity index is 331. The van der Waals surface area contributed by atoms with Crippen LogP contribution in [0.3, 0.4) is 0 Å². The van der Waals surface area contributed by atoms with Crippen LogP contribution in [0.2, 0.25) is 0 Å². The van der Waals surface area contributed by atoms with Crippen LogP contribution in [0.4, 0.5) is 0 Å². The molecule has 0 aliphatic rings. The van der Waals surface area contributed by atoms with Crippen molar-refractivity contribution in [2.75, 3.05) is 7.11 Å². The predicted octanol–water partition coefficient (Wildman–Crippen LogP) is 1.43. The molecule has 1 rings (SSSR count). The molecule has 1 aromatic rings. The fourth-order valence-corrected chi connectivity index (χ4v) is 0.889. The molecule has 2 nitrogen and oxygen atoms in total. The Morgan fingerprint density at radius 2 is 2.23 bits per heavy atom. The standard InChI is InChI=1S/C11H12O2/c1-9(12)6-7-10-4-3-5-11(8-10)13-2/h3-5,8-9,12H,1-2H3. The highest BCUT2D eigenvalue weighted by Crippen LogP contribution is 2.11. The second-order valence-corrected chi connectivity index (χ2v) is 2.68. The largest absolute Gasteiger partial charge is 0.497 e. The number of rotatable bonds is 1. The zero-order valence-corrected chi connectivity index (χ0v) is 7.74. The maximum absolute atomic E-state index is 8.94. The summed E-state index contributed by atoms with van der Waals surface area (Å²) in [6.45, 7) is 1.63. The molecule has 68 valence electrons. The Balaban J connectivity index is 2.85. The summed E-state index contributed by atoms with van der Waals surface area (Å²) in [5, 5.41) is 8.94. The Morgan fingerprint density at radius 3 is 2.85 bits per heavy atom. The fraction of sp³-hybridized carbons (Fsp3) is 0.273. The molecule has 0 spiro atoms. The van der Waals surface area contributed by atoms with Crippen LogP contribution in [0.1, 0.15) is 12.5 Å². The molecule has 0 saturated carbocycles. The van der Waals surface area contributed by atoms with Crippen LogP contribution in [-0.2, 0) is 0 Å². The third-order valence-electron chi connectivity index (χ3n) is 1.50. The summed E-state index contributed by atoms with van der Waals surface area (Å²) in [6.07, 6.45) is -0.591. The molecule has 0 fully saturated rings. The minimum absolute atomic E-state index is 0.591. The first-order chi connectivity index (χ1) is 6.22. The van der Waals surface area contributed by atoms with Crippen LogP contribution in [0, 0.1) is 11.8 Å². The number of hydrogen-bond donors (Lipinski definition) is 1. The van der Waals surface area contributed by atoms with Crippen LogP contribution < -0.4 is 4.74 Å². The van der Waals surface area contributed by atoms with E-state index >= 15 is 0 Å². The van der Waals surface area contributed by atoms with Crippen LogP contribution in [-0.4, -0.2) is 18.3 Å². The molecule has 0 saturated heterocycles. The zero-order chi connectivity index (χ0) is 9.68. The predicted molar refractivity (Wildman–Crippen MR) is 51.6 cm³/mol. The van der Waals surface area contributed by atoms with Gasteiger partial charge in [0.1, 0.15) is 11.9 Å². The number of hydrogen-bond acceptors (Lipinski definition) is 2. The summed E-state index contributed by atoms with van der Waals surface area (Å²) >= 11 is 0. The number of aliphatic hydroxyl groups excluding tert-OH is 1. The molecule has 0 bridgehead atoms. The molecule has 0 heterocycles. The summed E-state index contributed by atoms with van der Waals surface area (Å²) in [7, 11) is 1.61. The zero-order valence-electron chi connectivity index (χ0n) is 7.74. The van der Waals surface area contributed by atoms with Gasteiger partial charge in [0.15, 0.2) is 0 Å². The number of methoxy groups -OCH3 is 1. The quantitative estimate of drug-likeness (QED) is 0.656. The molecule has 0 aliphatic heterocycles. The van der Waals surface area contributed by atoms with Crippen molar-refractivity contribution >= 4 is 0 Å². The SMILES string of the molecule is COc1cccc(C#CC(C)O)c1. The van der Waals surface area contributed by atoms with Gasteiger partial charge in [-0.05, 0) is 25.1 Å². The first-order valence-corrected chi connectivity index (χ1v) is 4.06. The van der Waals surface area contributed by atoms with E-state index in [1.807, 2.05) is 24.3 Å². The van der Waals surface area contributed by atoms with E-state index in [2.05, 4.69) is 11.8 Å². The lowest BCUT2D eigenvalue weighted by molar-refractivity contribution is 0.253. The monoisotopic (exact) mass is 176 g/mol. The van der Waals surface area contributed by atoms with E-state index in [9.17, 15) is 0 Å². The maximum atomic E-state index is 8.94. The molecular formula is C11H12O2. The van der Waals surface area contributed by atoms with Crippen molar-refractivity contribution in [2.45, 2.75) is 13.0 Å². The van der Waals surface area contributed by atoms with Gasteiger partial charge in [-0.3, -0.25) is 0 Å². The summed E-state index contributed by atoms with van der Waals surface area (Å²) in [4.78, 5) is 0. The van der Waals surface area contributed by atoms with Gasteiger partial charge < -0.3 is 9.84 Å². The number of ether oxygens (including phenoxy) is 1. The van der Waals surface area contributed by atoms with Gasteiger partial charge in [0.25, 0.3) is 0 Å². The van der Waals surface area contributed by atoms with Crippen molar-refractivity contribution in [1.82, 2.24) is 0 Å². The van der Waals surface area contributed by atoms with Crippen LogP contribution in [0.15, 0.2) is 24.3 Å². The number of benzene rings is 1. The minimum Gasteiger partial charge on any atom is -0.497 e. The van der Waals surface area contributed by atoms with Crippen LogP contribution >= 0.6 is 0 Å². The Hall–Kier alpha value is -1.46. The molecule has 0 aliphatic carbocycles. The highest BCUT2D eigenvalue weighted by atomic mass is 16.5. The van der Waals surface area contributed by atoms with Gasteiger partial charge >= 0.3 is 0 Å². The van der Waals surface area contributed by atoms with Crippen molar-refractivity contribution < 1.29 is 9.84 Å². The lowest BCUT2D eigenvalue weighted by atomic mass is 10.2. The van der Waals surface area contributed by atoms with Crippen molar-refractivity contribution in [3.05, 3.63) is 29.8 Å². The van der Waals surface area contributed by atoms with Gasteiger partial charge in [-0.2, -0.15) is 0 Å². The van der Waals surface area contributed by atoms with Gasteiger partial charge in [0.2, 0.25) is 0 Å². The normalized spacial score (nSPS) is 11.3. The topological polar surface area (TPSA) is 29.5 Å². The van der Waals surface area contributed by atoms with Crippen molar-refractivity contribution in [3.63, 3.8) is 0 Å². The Labute approximate surface area is 78.2 Å². The van der Waals surface area contributed by atoms with E-state index in [1.165, 1.54) is 0 Å². The summed E-state index contributed by atoms with van der Waals surface area (Å²) in [6, 6.07) is 7.42. The average molecular weight is 176 g/mol. The highest BCUT2D eigenvalue weighted by molar-refractivity contribution is 5.40. The van der Waals surface area contributed by atoms with E-state index in [4.69, 9.17) is 9.84 Å². The highest BCUT2D eigenvalue weighted by Gasteiger charge is 1.91. The van der Waals surface area contributed by atoms with Crippen LogP contribution in [0.25, 0.3) is 0 Å². The molecule has 1 aromatic carbocycles. The second-order valence-electron chi connectivity index (χ2n) is 2.68. The van der Waals surface area contributed by atoms with Gasteiger partial charge in [-0.25, -0.2) is 0 Å². The van der Waals surface area contributed by atoms with E-state index in [1.54, 1.807) is 14.0 Å². The first-order valence-electron chi connectivity index (χ1n) is 4.06. The molecule has 0 amide bonds. The summed E-state index contributed by atoms with van der Waals surface area (Å²) < 4.78 is 5.03.